The van der Waals surface area contributed by atoms with E-state index < -0.39 is 0 Å². The van der Waals surface area contributed by atoms with Crippen molar-refractivity contribution in [3.63, 3.8) is 0 Å². The number of amides is 1. The molecule has 0 aliphatic carbocycles. The monoisotopic (exact) mass is 285 g/mol. The minimum Gasteiger partial charge on any atom is -0.339 e. The van der Waals surface area contributed by atoms with Crippen LogP contribution in [0.4, 0.5) is 0 Å². The Morgan fingerprint density at radius 3 is 2.71 bits per heavy atom. The summed E-state index contributed by atoms with van der Waals surface area (Å²) in [6.07, 6.45) is 11.6. The van der Waals surface area contributed by atoms with Crippen molar-refractivity contribution in [3.8, 4) is 0 Å². The highest BCUT2D eigenvalue weighted by atomic mass is 16.2. The van der Waals surface area contributed by atoms with Crippen LogP contribution in [-0.2, 0) is 13.5 Å². The van der Waals surface area contributed by atoms with E-state index in [-0.39, 0.29) is 5.91 Å². The van der Waals surface area contributed by atoms with Crippen molar-refractivity contribution in [2.75, 3.05) is 13.1 Å². The molecule has 2 aromatic rings. The average Bonchev–Trinajstić information content (AvgIpc) is 2.95. The second kappa shape index (κ2) is 6.03. The highest BCUT2D eigenvalue weighted by molar-refractivity contribution is 5.93. The molecule has 1 amide bonds. The number of rotatable bonds is 3. The fourth-order valence-electron chi connectivity index (χ4n) is 2.79. The molecule has 3 rings (SSSR count). The van der Waals surface area contributed by atoms with E-state index in [2.05, 4.69) is 15.1 Å². The molecule has 0 N–H and O–H groups in total. The average molecular weight is 285 g/mol. The van der Waals surface area contributed by atoms with Crippen LogP contribution in [0.15, 0.2) is 31.0 Å². The zero-order chi connectivity index (χ0) is 14.7. The van der Waals surface area contributed by atoms with Gasteiger partial charge in [0.15, 0.2) is 0 Å². The molecule has 0 bridgehead atoms. The van der Waals surface area contributed by atoms with E-state index in [0.29, 0.717) is 11.5 Å². The van der Waals surface area contributed by atoms with E-state index in [1.807, 2.05) is 18.1 Å². The predicted octanol–water partition coefficient (Wildman–Crippen LogP) is 1.30. The maximum absolute atomic E-state index is 12.3. The smallest absolute Gasteiger partial charge is 0.257 e. The summed E-state index contributed by atoms with van der Waals surface area (Å²) < 4.78 is 1.66. The van der Waals surface area contributed by atoms with E-state index in [9.17, 15) is 4.79 Å². The summed E-state index contributed by atoms with van der Waals surface area (Å²) in [7, 11) is 1.82. The third kappa shape index (κ3) is 3.26. The number of carbonyl (C=O) groups is 1. The normalized spacial score (nSPS) is 16.1. The molecule has 1 saturated heterocycles. The summed E-state index contributed by atoms with van der Waals surface area (Å²) in [4.78, 5) is 22.7. The fraction of sp³-hybridized carbons (Fsp3) is 0.467. The number of aryl methyl sites for hydroxylation is 1. The van der Waals surface area contributed by atoms with Gasteiger partial charge in [-0.1, -0.05) is 0 Å². The first kappa shape index (κ1) is 13.7. The van der Waals surface area contributed by atoms with Gasteiger partial charge in [0.2, 0.25) is 0 Å². The second-order valence-electron chi connectivity index (χ2n) is 5.54. The fourth-order valence-corrected chi connectivity index (χ4v) is 2.79. The Hall–Kier alpha value is -2.24. The van der Waals surface area contributed by atoms with Crippen molar-refractivity contribution in [2.45, 2.75) is 19.3 Å². The van der Waals surface area contributed by atoms with Crippen molar-refractivity contribution >= 4 is 5.91 Å². The lowest BCUT2D eigenvalue weighted by Gasteiger charge is -2.31. The van der Waals surface area contributed by atoms with Gasteiger partial charge in [0, 0.05) is 44.9 Å². The van der Waals surface area contributed by atoms with Gasteiger partial charge in [-0.05, 0) is 25.2 Å². The van der Waals surface area contributed by atoms with Crippen LogP contribution in [0, 0.1) is 5.92 Å². The van der Waals surface area contributed by atoms with Crippen molar-refractivity contribution in [1.29, 1.82) is 0 Å². The highest BCUT2D eigenvalue weighted by Crippen LogP contribution is 2.21. The lowest BCUT2D eigenvalue weighted by molar-refractivity contribution is 0.0690. The van der Waals surface area contributed by atoms with Gasteiger partial charge in [-0.2, -0.15) is 5.10 Å². The van der Waals surface area contributed by atoms with Gasteiger partial charge in [-0.25, -0.2) is 0 Å². The molecule has 21 heavy (non-hydrogen) atoms. The Bertz CT molecular complexity index is 602. The molecular formula is C15H19N5O. The Labute approximate surface area is 123 Å². The van der Waals surface area contributed by atoms with Crippen LogP contribution in [0.5, 0.6) is 0 Å². The van der Waals surface area contributed by atoms with Gasteiger partial charge >= 0.3 is 0 Å². The molecule has 1 aliphatic heterocycles. The number of carbonyl (C=O) groups excluding carboxylic acids is 1. The molecule has 2 aromatic heterocycles. The molecule has 1 fully saturated rings. The second-order valence-corrected chi connectivity index (χ2v) is 5.54. The molecule has 0 spiro atoms. The van der Waals surface area contributed by atoms with Gasteiger partial charge < -0.3 is 4.90 Å². The first-order valence-electron chi connectivity index (χ1n) is 7.25. The number of hydrogen-bond acceptors (Lipinski definition) is 4. The number of nitrogens with zero attached hydrogens (tertiary/aromatic N) is 5. The maximum atomic E-state index is 12.3. The van der Waals surface area contributed by atoms with Crippen molar-refractivity contribution in [2.24, 2.45) is 13.0 Å². The minimum atomic E-state index is 0.0843. The highest BCUT2D eigenvalue weighted by Gasteiger charge is 2.24. The van der Waals surface area contributed by atoms with E-state index in [1.165, 1.54) is 0 Å². The molecule has 0 radical (unpaired) electrons. The summed E-state index contributed by atoms with van der Waals surface area (Å²) in [6, 6.07) is 0. The zero-order valence-electron chi connectivity index (χ0n) is 12.1. The summed E-state index contributed by atoms with van der Waals surface area (Å²) >= 11 is 0. The summed E-state index contributed by atoms with van der Waals surface area (Å²) in [5.41, 5.74) is 1.71. The van der Waals surface area contributed by atoms with Gasteiger partial charge in [0.25, 0.3) is 5.91 Å². The Morgan fingerprint density at radius 2 is 2.10 bits per heavy atom. The number of hydrogen-bond donors (Lipinski definition) is 0. The Kier molecular flexibility index (Phi) is 3.94. The van der Waals surface area contributed by atoms with Crippen LogP contribution < -0.4 is 0 Å². The SMILES string of the molecule is Cn1cc(C(=O)N2CCC(Cc3cnccn3)CC2)cn1. The van der Waals surface area contributed by atoms with Crippen LogP contribution in [0.1, 0.15) is 28.9 Å². The van der Waals surface area contributed by atoms with Crippen LogP contribution in [-0.4, -0.2) is 43.6 Å². The first-order chi connectivity index (χ1) is 10.2. The number of likely N-dealkylation sites (tertiary alicyclic amines) is 1. The van der Waals surface area contributed by atoms with Crippen LogP contribution in [0.25, 0.3) is 0 Å². The molecule has 0 aromatic carbocycles. The van der Waals surface area contributed by atoms with Crippen molar-refractivity contribution in [1.82, 2.24) is 24.6 Å². The maximum Gasteiger partial charge on any atom is 0.257 e. The molecule has 0 unspecified atom stereocenters. The molecule has 1 aliphatic rings. The molecule has 6 nitrogen and oxygen atoms in total. The van der Waals surface area contributed by atoms with Crippen molar-refractivity contribution in [3.05, 3.63) is 42.2 Å². The zero-order valence-corrected chi connectivity index (χ0v) is 12.1. The molecular weight excluding hydrogens is 266 g/mol. The third-order valence-corrected chi connectivity index (χ3v) is 3.97. The molecule has 0 saturated carbocycles. The minimum absolute atomic E-state index is 0.0843. The largest absolute Gasteiger partial charge is 0.339 e. The van der Waals surface area contributed by atoms with Crippen LogP contribution in [0.2, 0.25) is 0 Å². The van der Waals surface area contributed by atoms with Crippen LogP contribution >= 0.6 is 0 Å². The van der Waals surface area contributed by atoms with E-state index in [4.69, 9.17) is 0 Å². The number of aromatic nitrogens is 4. The predicted molar refractivity (Wildman–Crippen MR) is 77.6 cm³/mol. The Balaban J connectivity index is 1.54. The summed E-state index contributed by atoms with van der Waals surface area (Å²) in [6.45, 7) is 1.61. The standard InChI is InChI=1S/C15H19N5O/c1-19-11-13(9-18-19)15(21)20-6-2-12(3-7-20)8-14-10-16-4-5-17-14/h4-5,9-12H,2-3,6-8H2,1H3. The lowest BCUT2D eigenvalue weighted by Crippen LogP contribution is -2.38. The lowest BCUT2D eigenvalue weighted by atomic mass is 9.92. The van der Waals surface area contributed by atoms with Gasteiger partial charge in [-0.15, -0.1) is 0 Å². The van der Waals surface area contributed by atoms with E-state index in [0.717, 1.165) is 38.0 Å². The summed E-state index contributed by atoms with van der Waals surface area (Å²) in [5, 5.41) is 4.06. The topological polar surface area (TPSA) is 63.9 Å². The van der Waals surface area contributed by atoms with Gasteiger partial charge in [0.1, 0.15) is 0 Å². The van der Waals surface area contributed by atoms with Gasteiger partial charge in [0.05, 0.1) is 17.5 Å². The first-order valence-corrected chi connectivity index (χ1v) is 7.25. The molecule has 110 valence electrons. The third-order valence-electron chi connectivity index (χ3n) is 3.97. The van der Waals surface area contributed by atoms with Crippen LogP contribution in [0.3, 0.4) is 0 Å². The van der Waals surface area contributed by atoms with Crippen molar-refractivity contribution < 1.29 is 4.79 Å². The molecule has 0 atom stereocenters. The number of piperidine rings is 1. The Morgan fingerprint density at radius 1 is 1.29 bits per heavy atom. The van der Waals surface area contributed by atoms with E-state index >= 15 is 0 Å². The van der Waals surface area contributed by atoms with E-state index in [1.54, 1.807) is 29.5 Å². The quantitative estimate of drug-likeness (QED) is 0.853. The molecule has 3 heterocycles. The van der Waals surface area contributed by atoms with Gasteiger partial charge in [-0.3, -0.25) is 19.4 Å². The summed E-state index contributed by atoms with van der Waals surface area (Å²) in [5.74, 6) is 0.667. The molecule has 6 heteroatoms.